The number of anilines is 10. The molecule has 324 valence electrons. The summed E-state index contributed by atoms with van der Waals surface area (Å²) in [5.41, 5.74) is 7.91. The van der Waals surface area contributed by atoms with Gasteiger partial charge in [-0.05, 0) is 110 Å². The van der Waals surface area contributed by atoms with E-state index >= 15 is 0 Å². The minimum atomic E-state index is 0.434. The number of nitrogens with zero attached hydrogens (tertiary/aromatic N) is 6. The summed E-state index contributed by atoms with van der Waals surface area (Å²) in [5.74, 6) is 2.72. The second kappa shape index (κ2) is 24.6. The molecule has 0 bridgehead atoms. The molecule has 62 heavy (non-hydrogen) atoms. The molecule has 14 nitrogen and oxygen atoms in total. The first-order valence-corrected chi connectivity index (χ1v) is 21.7. The third-order valence-corrected chi connectivity index (χ3v) is 9.61. The van der Waals surface area contributed by atoms with Crippen molar-refractivity contribution in [3.05, 3.63) is 119 Å². The summed E-state index contributed by atoms with van der Waals surface area (Å²) in [6.45, 7) is 12.8. The Labute approximate surface area is 365 Å². The molecule has 0 aliphatic heterocycles. The third kappa shape index (κ3) is 15.1. The lowest BCUT2D eigenvalue weighted by Crippen LogP contribution is -2.12. The van der Waals surface area contributed by atoms with E-state index in [2.05, 4.69) is 126 Å². The number of para-hydroxylation sites is 2. The van der Waals surface area contributed by atoms with Crippen molar-refractivity contribution in [1.29, 1.82) is 0 Å². The summed E-state index contributed by atoms with van der Waals surface area (Å²) in [4.78, 5) is 27.9. The highest BCUT2D eigenvalue weighted by Gasteiger charge is 2.11. The van der Waals surface area contributed by atoms with Crippen molar-refractivity contribution < 1.29 is 9.47 Å². The van der Waals surface area contributed by atoms with Crippen molar-refractivity contribution in [1.82, 2.24) is 29.9 Å². The van der Waals surface area contributed by atoms with E-state index in [1.54, 1.807) is 0 Å². The molecule has 0 fully saturated rings. The minimum Gasteiger partial charge on any atom is -0.381 e. The summed E-state index contributed by atoms with van der Waals surface area (Å²) in [5, 5.41) is 20.0. The molecule has 6 rings (SSSR count). The number of benzene rings is 4. The van der Waals surface area contributed by atoms with Gasteiger partial charge in [0.25, 0.3) is 0 Å². The van der Waals surface area contributed by atoms with Gasteiger partial charge >= 0.3 is 0 Å². The van der Waals surface area contributed by atoms with Gasteiger partial charge in [-0.25, -0.2) is 0 Å². The quantitative estimate of drug-likeness (QED) is 0.0225. The van der Waals surface area contributed by atoms with Crippen molar-refractivity contribution in [2.75, 3.05) is 71.4 Å². The van der Waals surface area contributed by atoms with Gasteiger partial charge < -0.3 is 41.4 Å². The number of aromatic nitrogens is 6. The SMILES string of the molecule is CCCCOCCCNc1nc(Nc2ccccc2)nc(Nc2ccc(C=Cc3ccc(Nc4nc(NCCCOCCCC)nc(Nc5ccccc5)n4)cc3C)c(C)c2)n1. The zero-order chi connectivity index (χ0) is 43.2. The van der Waals surface area contributed by atoms with Crippen LogP contribution < -0.4 is 31.9 Å². The van der Waals surface area contributed by atoms with Crippen molar-refractivity contribution >= 4 is 70.6 Å². The Bertz CT molecular complexity index is 2130. The first-order valence-electron chi connectivity index (χ1n) is 21.7. The molecule has 0 saturated heterocycles. The molecule has 0 amide bonds. The molecule has 0 aliphatic rings. The molecule has 2 aromatic heterocycles. The second-order valence-corrected chi connectivity index (χ2v) is 14.8. The molecule has 0 atom stereocenters. The maximum absolute atomic E-state index is 5.72. The largest absolute Gasteiger partial charge is 0.381 e. The molecule has 0 spiro atoms. The van der Waals surface area contributed by atoms with Crippen LogP contribution in [-0.4, -0.2) is 69.4 Å². The van der Waals surface area contributed by atoms with Crippen LogP contribution in [0.25, 0.3) is 12.2 Å². The van der Waals surface area contributed by atoms with E-state index in [0.29, 0.717) is 62.0 Å². The molecule has 4 aromatic carbocycles. The average molecular weight is 837 g/mol. The lowest BCUT2D eigenvalue weighted by atomic mass is 10.0. The van der Waals surface area contributed by atoms with Crippen LogP contribution in [0.1, 0.15) is 74.6 Å². The van der Waals surface area contributed by atoms with E-state index in [-0.39, 0.29) is 0 Å². The fourth-order valence-electron chi connectivity index (χ4n) is 6.20. The normalized spacial score (nSPS) is 11.1. The van der Waals surface area contributed by atoms with Gasteiger partial charge in [0.05, 0.1) is 0 Å². The van der Waals surface area contributed by atoms with Crippen LogP contribution in [0.5, 0.6) is 0 Å². The molecular formula is C48H60N12O2. The highest BCUT2D eigenvalue weighted by Crippen LogP contribution is 2.25. The van der Waals surface area contributed by atoms with E-state index in [1.165, 1.54) is 0 Å². The van der Waals surface area contributed by atoms with Gasteiger partial charge in [-0.15, -0.1) is 0 Å². The molecule has 14 heteroatoms. The fraction of sp³-hybridized carbons (Fsp3) is 0.333. The highest BCUT2D eigenvalue weighted by molar-refractivity contribution is 5.75. The fourth-order valence-corrected chi connectivity index (χ4v) is 6.20. The second-order valence-electron chi connectivity index (χ2n) is 14.8. The topological polar surface area (TPSA) is 168 Å². The highest BCUT2D eigenvalue weighted by atomic mass is 16.5. The van der Waals surface area contributed by atoms with E-state index < -0.39 is 0 Å². The van der Waals surface area contributed by atoms with Gasteiger partial charge in [0.15, 0.2) is 0 Å². The number of hydrogen-bond acceptors (Lipinski definition) is 14. The summed E-state index contributed by atoms with van der Waals surface area (Å²) in [7, 11) is 0. The van der Waals surface area contributed by atoms with Crippen LogP contribution in [0, 0.1) is 13.8 Å². The first kappa shape index (κ1) is 44.9. The van der Waals surface area contributed by atoms with Crippen LogP contribution in [0.15, 0.2) is 97.1 Å². The van der Waals surface area contributed by atoms with Crippen molar-refractivity contribution in [3.63, 3.8) is 0 Å². The van der Waals surface area contributed by atoms with Gasteiger partial charge in [0.2, 0.25) is 35.7 Å². The number of aryl methyl sites for hydroxylation is 2. The zero-order valence-corrected chi connectivity index (χ0v) is 36.4. The monoisotopic (exact) mass is 836 g/mol. The first-order chi connectivity index (χ1) is 30.4. The molecule has 6 N–H and O–H groups in total. The van der Waals surface area contributed by atoms with Crippen LogP contribution in [0.4, 0.5) is 58.4 Å². The lowest BCUT2D eigenvalue weighted by molar-refractivity contribution is 0.131. The zero-order valence-electron chi connectivity index (χ0n) is 36.4. The lowest BCUT2D eigenvalue weighted by Gasteiger charge is -2.13. The average Bonchev–Trinajstić information content (AvgIpc) is 3.27. The Balaban J connectivity index is 1.09. The van der Waals surface area contributed by atoms with Crippen LogP contribution in [0.3, 0.4) is 0 Å². The van der Waals surface area contributed by atoms with Crippen LogP contribution in [-0.2, 0) is 9.47 Å². The Morgan fingerprint density at radius 2 is 0.774 bits per heavy atom. The van der Waals surface area contributed by atoms with E-state index in [9.17, 15) is 0 Å². The molecule has 0 saturated carbocycles. The van der Waals surface area contributed by atoms with E-state index in [4.69, 9.17) is 9.47 Å². The standard InChI is InChI=1S/C48H60N12O2/c1-5-7-29-61-31-15-27-49-43-55-45(51-39-17-11-9-12-18-39)59-47(57-43)53-41-25-23-37(35(3)33-41)21-22-38-24-26-42(34-36(38)4)54-48-58-44(50-28-16-32-62-30-8-6-2)56-46(60-48)52-40-19-13-10-14-20-40/h9-14,17-26,33-34H,5-8,15-16,27-32H2,1-4H3,(H3,49,51,53,55,57,59)(H3,50,52,54,56,58,60). The van der Waals surface area contributed by atoms with Gasteiger partial charge in [0, 0.05) is 62.3 Å². The minimum absolute atomic E-state index is 0.434. The third-order valence-electron chi connectivity index (χ3n) is 9.61. The molecule has 0 unspecified atom stereocenters. The smallest absolute Gasteiger partial charge is 0.233 e. The number of ether oxygens (including phenoxy) is 2. The van der Waals surface area contributed by atoms with Crippen molar-refractivity contribution in [2.24, 2.45) is 0 Å². The van der Waals surface area contributed by atoms with E-state index in [0.717, 1.165) is 96.7 Å². The Morgan fingerprint density at radius 1 is 0.419 bits per heavy atom. The predicted molar refractivity (Wildman–Crippen MR) is 255 cm³/mol. The number of nitrogens with one attached hydrogen (secondary N) is 6. The van der Waals surface area contributed by atoms with Crippen LogP contribution in [0.2, 0.25) is 0 Å². The molecular weight excluding hydrogens is 777 g/mol. The Kier molecular flexibility index (Phi) is 17.8. The summed E-state index contributed by atoms with van der Waals surface area (Å²) in [6, 6.07) is 32.1. The van der Waals surface area contributed by atoms with Crippen molar-refractivity contribution in [3.8, 4) is 0 Å². The molecule has 6 aromatic rings. The summed E-state index contributed by atoms with van der Waals surface area (Å²) < 4.78 is 11.4. The summed E-state index contributed by atoms with van der Waals surface area (Å²) >= 11 is 0. The number of rotatable bonds is 26. The maximum Gasteiger partial charge on any atom is 0.233 e. The summed E-state index contributed by atoms with van der Waals surface area (Å²) in [6.07, 6.45) is 10.4. The number of unbranched alkanes of at least 4 members (excludes halogenated alkanes) is 2. The van der Waals surface area contributed by atoms with E-state index in [1.807, 2.05) is 72.8 Å². The Hall–Kier alpha value is -6.64. The number of hydrogen-bond donors (Lipinski definition) is 6. The maximum atomic E-state index is 5.72. The Morgan fingerprint density at radius 3 is 1.15 bits per heavy atom. The van der Waals surface area contributed by atoms with Gasteiger partial charge in [-0.3, -0.25) is 0 Å². The van der Waals surface area contributed by atoms with Gasteiger partial charge in [-0.2, -0.15) is 29.9 Å². The van der Waals surface area contributed by atoms with Crippen LogP contribution >= 0.6 is 0 Å². The molecule has 2 heterocycles. The van der Waals surface area contributed by atoms with Crippen molar-refractivity contribution in [2.45, 2.75) is 66.2 Å². The van der Waals surface area contributed by atoms with Gasteiger partial charge in [-0.1, -0.05) is 87.4 Å². The predicted octanol–water partition coefficient (Wildman–Crippen LogP) is 11.1. The molecule has 0 aliphatic carbocycles. The van der Waals surface area contributed by atoms with Gasteiger partial charge in [0.1, 0.15) is 0 Å². The molecule has 0 radical (unpaired) electrons.